The average molecular weight is 288 g/mol. The van der Waals surface area contributed by atoms with Gasteiger partial charge in [0.05, 0.1) is 0 Å². The highest BCUT2D eigenvalue weighted by Gasteiger charge is 2.27. The number of hydrogen-bond donors (Lipinski definition) is 1. The maximum atomic E-state index is 12.1. The van der Waals surface area contributed by atoms with Crippen LogP contribution in [0.5, 0.6) is 0 Å². The second-order valence-electron chi connectivity index (χ2n) is 4.18. The van der Waals surface area contributed by atoms with Crippen LogP contribution in [0.1, 0.15) is 5.56 Å². The number of nitrogens with one attached hydrogen (secondary N) is 1. The summed E-state index contributed by atoms with van der Waals surface area (Å²) in [4.78, 5) is 0. The third-order valence-corrected chi connectivity index (χ3v) is 3.58. The van der Waals surface area contributed by atoms with Crippen molar-refractivity contribution in [3.63, 3.8) is 0 Å². The fraction of sp³-hybridized carbons (Fsp3) is 0.385. The van der Waals surface area contributed by atoms with Gasteiger partial charge < -0.3 is 9.88 Å². The van der Waals surface area contributed by atoms with Crippen molar-refractivity contribution in [2.45, 2.75) is 18.6 Å². The van der Waals surface area contributed by atoms with Gasteiger partial charge in [0.15, 0.2) is 0 Å². The smallest absolute Gasteiger partial charge is 0.347 e. The van der Waals surface area contributed by atoms with Gasteiger partial charge in [0, 0.05) is 35.9 Å². The number of nitrogens with zero attached hydrogens (tertiary/aromatic N) is 1. The van der Waals surface area contributed by atoms with Crippen LogP contribution in [0, 0.1) is 0 Å². The Labute approximate surface area is 114 Å². The molecule has 1 aromatic heterocycles. The van der Waals surface area contributed by atoms with Gasteiger partial charge in [-0.1, -0.05) is 12.1 Å². The second kappa shape index (κ2) is 5.88. The van der Waals surface area contributed by atoms with Gasteiger partial charge in [-0.05, 0) is 36.5 Å². The van der Waals surface area contributed by atoms with Crippen molar-refractivity contribution >= 4 is 22.7 Å². The molecule has 19 heavy (non-hydrogen) atoms. The number of aryl methyl sites for hydroxylation is 1. The van der Waals surface area contributed by atoms with E-state index < -0.39 is 5.51 Å². The minimum atomic E-state index is -4.15. The molecular formula is C13H15F3N2S. The van der Waals surface area contributed by atoms with Gasteiger partial charge in [0.1, 0.15) is 0 Å². The molecule has 2 aromatic rings. The molecule has 0 aliphatic heterocycles. The van der Waals surface area contributed by atoms with Crippen LogP contribution in [-0.4, -0.2) is 22.9 Å². The number of hydrogen-bond acceptors (Lipinski definition) is 2. The van der Waals surface area contributed by atoms with E-state index >= 15 is 0 Å². The standard InChI is InChI=1S/C13H15F3N2S/c1-17-9-10-3-2-4-12-11(10)5-6-18(12)7-8-19-13(14,15)16/h2-6,17H,7-9H2,1H3. The number of fused-ring (bicyclic) bond motifs is 1. The monoisotopic (exact) mass is 288 g/mol. The SMILES string of the molecule is CNCc1cccc2c1ccn2CCSC(F)(F)F. The minimum absolute atomic E-state index is 0.0216. The van der Waals surface area contributed by atoms with Crippen molar-refractivity contribution in [2.75, 3.05) is 12.8 Å². The topological polar surface area (TPSA) is 17.0 Å². The fourth-order valence-electron chi connectivity index (χ4n) is 2.09. The zero-order chi connectivity index (χ0) is 13.9. The van der Waals surface area contributed by atoms with E-state index in [1.54, 1.807) is 0 Å². The van der Waals surface area contributed by atoms with Crippen LogP contribution in [-0.2, 0) is 13.1 Å². The largest absolute Gasteiger partial charge is 0.441 e. The van der Waals surface area contributed by atoms with Crippen molar-refractivity contribution in [1.82, 2.24) is 9.88 Å². The van der Waals surface area contributed by atoms with Gasteiger partial charge in [0.2, 0.25) is 0 Å². The molecule has 0 spiro atoms. The molecule has 0 atom stereocenters. The normalized spacial score (nSPS) is 12.2. The molecule has 6 heteroatoms. The fourth-order valence-corrected chi connectivity index (χ4v) is 2.61. The van der Waals surface area contributed by atoms with Gasteiger partial charge >= 0.3 is 5.51 Å². The lowest BCUT2D eigenvalue weighted by Gasteiger charge is -2.08. The molecule has 0 fully saturated rings. The van der Waals surface area contributed by atoms with Gasteiger partial charge in [-0.15, -0.1) is 0 Å². The van der Waals surface area contributed by atoms with E-state index in [-0.39, 0.29) is 17.5 Å². The van der Waals surface area contributed by atoms with Crippen LogP contribution >= 0.6 is 11.8 Å². The predicted octanol–water partition coefficient (Wildman–Crippen LogP) is 3.61. The summed E-state index contributed by atoms with van der Waals surface area (Å²) in [6.07, 6.45) is 1.85. The third-order valence-electron chi connectivity index (χ3n) is 2.87. The zero-order valence-electron chi connectivity index (χ0n) is 10.5. The maximum Gasteiger partial charge on any atom is 0.441 e. The van der Waals surface area contributed by atoms with Crippen LogP contribution in [0.2, 0.25) is 0 Å². The van der Waals surface area contributed by atoms with E-state index in [1.807, 2.05) is 42.1 Å². The van der Waals surface area contributed by atoms with Crippen LogP contribution < -0.4 is 5.32 Å². The quantitative estimate of drug-likeness (QED) is 0.905. The number of alkyl halides is 3. The third kappa shape index (κ3) is 3.67. The lowest BCUT2D eigenvalue weighted by Crippen LogP contribution is -2.07. The van der Waals surface area contributed by atoms with Gasteiger partial charge in [0.25, 0.3) is 0 Å². The first-order chi connectivity index (χ1) is 9.01. The van der Waals surface area contributed by atoms with Crippen LogP contribution in [0.15, 0.2) is 30.5 Å². The molecule has 0 saturated heterocycles. The molecule has 0 unspecified atom stereocenters. The number of thioether (sulfide) groups is 1. The first-order valence-electron chi connectivity index (χ1n) is 5.93. The summed E-state index contributed by atoms with van der Waals surface area (Å²) in [7, 11) is 1.87. The molecule has 2 nitrogen and oxygen atoms in total. The molecular weight excluding hydrogens is 273 g/mol. The summed E-state index contributed by atoms with van der Waals surface area (Å²) in [6.45, 7) is 1.11. The zero-order valence-corrected chi connectivity index (χ0v) is 11.3. The molecule has 0 bridgehead atoms. The summed E-state index contributed by atoms with van der Waals surface area (Å²) >= 11 is 0.0216. The molecule has 0 aliphatic rings. The highest BCUT2D eigenvalue weighted by molar-refractivity contribution is 8.00. The van der Waals surface area contributed by atoms with E-state index in [1.165, 1.54) is 0 Å². The van der Waals surface area contributed by atoms with E-state index in [0.29, 0.717) is 6.54 Å². The lowest BCUT2D eigenvalue weighted by molar-refractivity contribution is -0.0328. The Balaban J connectivity index is 2.14. The highest BCUT2D eigenvalue weighted by Crippen LogP contribution is 2.30. The molecule has 1 heterocycles. The Hall–Kier alpha value is -1.14. The molecule has 104 valence electrons. The lowest BCUT2D eigenvalue weighted by atomic mass is 10.1. The Morgan fingerprint density at radius 3 is 2.74 bits per heavy atom. The Morgan fingerprint density at radius 2 is 2.05 bits per heavy atom. The van der Waals surface area contributed by atoms with Crippen molar-refractivity contribution in [3.8, 4) is 0 Å². The van der Waals surface area contributed by atoms with Crippen LogP contribution in [0.3, 0.4) is 0 Å². The van der Waals surface area contributed by atoms with Crippen molar-refractivity contribution < 1.29 is 13.2 Å². The van der Waals surface area contributed by atoms with Crippen LogP contribution in [0.25, 0.3) is 10.9 Å². The predicted molar refractivity (Wildman–Crippen MR) is 73.2 cm³/mol. The summed E-state index contributed by atoms with van der Waals surface area (Å²) in [6, 6.07) is 7.85. The number of halogens is 3. The first kappa shape index (κ1) is 14.3. The van der Waals surface area contributed by atoms with Crippen molar-refractivity contribution in [2.24, 2.45) is 0 Å². The molecule has 0 saturated carbocycles. The molecule has 1 N–H and O–H groups in total. The van der Waals surface area contributed by atoms with Crippen molar-refractivity contribution in [1.29, 1.82) is 0 Å². The number of benzene rings is 1. The van der Waals surface area contributed by atoms with E-state index in [9.17, 15) is 13.2 Å². The molecule has 0 amide bonds. The van der Waals surface area contributed by atoms with Gasteiger partial charge in [-0.25, -0.2) is 0 Å². The second-order valence-corrected chi connectivity index (χ2v) is 5.34. The Morgan fingerprint density at radius 1 is 1.26 bits per heavy atom. The average Bonchev–Trinajstić information content (AvgIpc) is 2.73. The number of rotatable bonds is 5. The molecule has 0 aliphatic carbocycles. The summed E-state index contributed by atoms with van der Waals surface area (Å²) in [5.41, 5.74) is -2.02. The molecule has 2 rings (SSSR count). The van der Waals surface area contributed by atoms with Crippen molar-refractivity contribution in [3.05, 3.63) is 36.0 Å². The van der Waals surface area contributed by atoms with Gasteiger partial charge in [-0.2, -0.15) is 13.2 Å². The molecule has 1 aromatic carbocycles. The highest BCUT2D eigenvalue weighted by atomic mass is 32.2. The summed E-state index contributed by atoms with van der Waals surface area (Å²) < 4.78 is 38.2. The van der Waals surface area contributed by atoms with Gasteiger partial charge in [-0.3, -0.25) is 0 Å². The Kier molecular flexibility index (Phi) is 4.42. The van der Waals surface area contributed by atoms with E-state index in [0.717, 1.165) is 23.0 Å². The number of aromatic nitrogens is 1. The maximum absolute atomic E-state index is 12.1. The first-order valence-corrected chi connectivity index (χ1v) is 6.92. The summed E-state index contributed by atoms with van der Waals surface area (Å²) in [5, 5.41) is 4.18. The minimum Gasteiger partial charge on any atom is -0.347 e. The molecule has 0 radical (unpaired) electrons. The summed E-state index contributed by atoms with van der Waals surface area (Å²) in [5.74, 6) is 0.0313. The van der Waals surface area contributed by atoms with Crippen LogP contribution in [0.4, 0.5) is 13.2 Å². The van der Waals surface area contributed by atoms with E-state index in [4.69, 9.17) is 0 Å². The van der Waals surface area contributed by atoms with E-state index in [2.05, 4.69) is 5.32 Å². The Bertz CT molecular complexity index is 548.